The van der Waals surface area contributed by atoms with Crippen LogP contribution in [0.2, 0.25) is 0 Å². The van der Waals surface area contributed by atoms with Crippen LogP contribution in [0.1, 0.15) is 129 Å². The third kappa shape index (κ3) is 39.9. The summed E-state index contributed by atoms with van der Waals surface area (Å²) < 4.78 is 0. The molecule has 2 amide bonds. The molecule has 0 heterocycles. The van der Waals surface area contributed by atoms with Gasteiger partial charge in [0, 0.05) is 42.4 Å². The summed E-state index contributed by atoms with van der Waals surface area (Å²) in [6.07, 6.45) is 15.7. The van der Waals surface area contributed by atoms with Gasteiger partial charge in [-0.15, -0.1) is 0 Å². The summed E-state index contributed by atoms with van der Waals surface area (Å²) in [5, 5.41) is 35.5. The van der Waals surface area contributed by atoms with Gasteiger partial charge in [-0.05, 0) is 12.8 Å². The van der Waals surface area contributed by atoms with E-state index in [2.05, 4.69) is 19.2 Å². The molecule has 14 heteroatoms. The molecular weight excluding hydrogens is 561 g/mol. The summed E-state index contributed by atoms with van der Waals surface area (Å²) in [7, 11) is 0. The Bertz CT molecular complexity index is 753. The zero-order valence-corrected chi connectivity index (χ0v) is 27.8. The smallest absolute Gasteiger partial charge is 0.326 e. The fourth-order valence-corrected chi connectivity index (χ4v) is 3.42. The molecule has 241 valence electrons. The van der Waals surface area contributed by atoms with Crippen molar-refractivity contribution in [3.63, 3.8) is 0 Å². The summed E-state index contributed by atoms with van der Waals surface area (Å²) in [4.78, 5) is 62.8. The maximum absolute atomic E-state index is 11.5. The normalized spacial score (nSPS) is 11.2. The Morgan fingerprint density at radius 3 is 1.31 bits per heavy atom. The Hall–Kier alpha value is -2.22. The minimum Gasteiger partial charge on any atom is -0.481 e. The number of hydrogen-bond acceptors (Lipinski definition) is 7. The predicted molar refractivity (Wildman–Crippen MR) is 160 cm³/mol. The molecule has 0 saturated carbocycles. The SMILES string of the molecule is CCCCCCCCCC(=O)N[C@@H](CC(N)=O)C(=O)O.CCCCCCCCCC(=O)O.N[C@@H](CC(=O)O)C(=O)O.[Na]. The molecule has 13 nitrogen and oxygen atoms in total. The van der Waals surface area contributed by atoms with Crippen LogP contribution in [0.25, 0.3) is 0 Å². The minimum atomic E-state index is -1.29. The summed E-state index contributed by atoms with van der Waals surface area (Å²) in [6.45, 7) is 4.36. The van der Waals surface area contributed by atoms with Gasteiger partial charge in [0.25, 0.3) is 0 Å². The van der Waals surface area contributed by atoms with Gasteiger partial charge in [0.05, 0.1) is 12.8 Å². The molecule has 0 aliphatic carbocycles. The van der Waals surface area contributed by atoms with Crippen LogP contribution in [0.3, 0.4) is 0 Å². The van der Waals surface area contributed by atoms with Crippen LogP contribution in [0, 0.1) is 0 Å². The van der Waals surface area contributed by atoms with Crippen molar-refractivity contribution in [2.45, 2.75) is 142 Å². The average Bonchev–Trinajstić information content (AvgIpc) is 2.87. The van der Waals surface area contributed by atoms with E-state index in [-0.39, 0.29) is 48.3 Å². The summed E-state index contributed by atoms with van der Waals surface area (Å²) in [5.41, 5.74) is 9.77. The molecule has 0 aromatic rings. The van der Waals surface area contributed by atoms with Crippen molar-refractivity contribution in [3.8, 4) is 0 Å². The quantitative estimate of drug-likeness (QED) is 0.0649. The van der Waals surface area contributed by atoms with E-state index in [9.17, 15) is 28.8 Å². The van der Waals surface area contributed by atoms with Gasteiger partial charge in [-0.3, -0.25) is 24.0 Å². The molecule has 2 atom stereocenters. The fourth-order valence-electron chi connectivity index (χ4n) is 3.42. The van der Waals surface area contributed by atoms with Gasteiger partial charge >= 0.3 is 23.9 Å². The zero-order chi connectivity index (χ0) is 32.1. The minimum absolute atomic E-state index is 0. The number of carbonyl (C=O) groups excluding carboxylic acids is 2. The number of hydrogen-bond donors (Lipinski definition) is 7. The molecule has 0 fully saturated rings. The first-order chi connectivity index (χ1) is 19.3. The Labute approximate surface area is 271 Å². The standard InChI is InChI=1S/C14H26N2O4.C10H20O2.C4H7NO4.Na/c1-2-3-4-5-6-7-8-9-13(18)16-11(14(19)20)10-12(15)17;1-2-3-4-5-6-7-8-9-10(11)12;5-2(4(8)9)1-3(6)7;/h11H,2-10H2,1H3,(H2,15,17)(H,16,18)(H,19,20);2-9H2,1H3,(H,11,12);2H,1,5H2,(H,6,7)(H,8,9);/t11-;;2-;/m0.0./s1. The zero-order valence-electron chi connectivity index (χ0n) is 25.8. The topological polar surface area (TPSA) is 247 Å². The van der Waals surface area contributed by atoms with Crippen molar-refractivity contribution in [1.82, 2.24) is 5.32 Å². The molecule has 9 N–H and O–H groups in total. The molecule has 0 aliphatic rings. The van der Waals surface area contributed by atoms with Crippen LogP contribution in [0.15, 0.2) is 0 Å². The molecule has 0 unspecified atom stereocenters. The first kappa shape index (κ1) is 46.7. The maximum atomic E-state index is 11.5. The van der Waals surface area contributed by atoms with E-state index in [1.807, 2.05) is 0 Å². The van der Waals surface area contributed by atoms with Gasteiger partial charge in [0.2, 0.25) is 11.8 Å². The van der Waals surface area contributed by atoms with E-state index in [1.54, 1.807) is 0 Å². The third-order valence-corrected chi connectivity index (χ3v) is 5.75. The van der Waals surface area contributed by atoms with Crippen molar-refractivity contribution in [1.29, 1.82) is 0 Å². The second kappa shape index (κ2) is 33.3. The molecule has 0 spiro atoms. The Morgan fingerprint density at radius 2 is 1.00 bits per heavy atom. The van der Waals surface area contributed by atoms with Gasteiger partial charge in [0.1, 0.15) is 12.1 Å². The van der Waals surface area contributed by atoms with E-state index < -0.39 is 48.3 Å². The maximum Gasteiger partial charge on any atom is 0.326 e. The number of rotatable bonds is 23. The van der Waals surface area contributed by atoms with Crippen LogP contribution in [-0.4, -0.2) is 97.8 Å². The third-order valence-electron chi connectivity index (χ3n) is 5.75. The van der Waals surface area contributed by atoms with Crippen LogP contribution in [0.5, 0.6) is 0 Å². The van der Waals surface area contributed by atoms with E-state index in [4.69, 9.17) is 31.9 Å². The van der Waals surface area contributed by atoms with Gasteiger partial charge in [-0.25, -0.2) is 4.79 Å². The summed E-state index contributed by atoms with van der Waals surface area (Å²) in [6, 6.07) is -2.51. The van der Waals surface area contributed by atoms with Crippen molar-refractivity contribution in [2.24, 2.45) is 11.5 Å². The summed E-state index contributed by atoms with van der Waals surface area (Å²) in [5.74, 6) is -5.48. The van der Waals surface area contributed by atoms with Crippen LogP contribution in [0.4, 0.5) is 0 Å². The molecule has 0 bridgehead atoms. The molecule has 0 aromatic carbocycles. The molecule has 42 heavy (non-hydrogen) atoms. The van der Waals surface area contributed by atoms with Gasteiger partial charge in [0.15, 0.2) is 0 Å². The fraction of sp³-hybridized carbons (Fsp3) is 0.786. The van der Waals surface area contributed by atoms with Crippen molar-refractivity contribution >= 4 is 65.2 Å². The Balaban J connectivity index is -0.000000280. The molecule has 0 saturated heterocycles. The van der Waals surface area contributed by atoms with Crippen LogP contribution >= 0.6 is 0 Å². The molecular formula is C28H53N3NaO10. The number of carboxylic acid groups (broad SMARTS) is 4. The number of nitrogens with two attached hydrogens (primary N) is 2. The molecule has 0 aliphatic heterocycles. The average molecular weight is 615 g/mol. The molecule has 0 rings (SSSR count). The Kier molecular flexibility index (Phi) is 37.0. The van der Waals surface area contributed by atoms with Gasteiger partial charge in [-0.2, -0.15) is 0 Å². The predicted octanol–water partition coefficient (Wildman–Crippen LogP) is 3.28. The second-order valence-electron chi connectivity index (χ2n) is 9.81. The number of carbonyl (C=O) groups is 6. The van der Waals surface area contributed by atoms with E-state index in [1.165, 1.54) is 57.8 Å². The number of aliphatic carboxylic acids is 4. The number of primary amides is 1. The van der Waals surface area contributed by atoms with E-state index in [0.717, 1.165) is 32.1 Å². The van der Waals surface area contributed by atoms with E-state index >= 15 is 0 Å². The first-order valence-electron chi connectivity index (χ1n) is 14.5. The van der Waals surface area contributed by atoms with Crippen molar-refractivity contribution in [2.75, 3.05) is 0 Å². The monoisotopic (exact) mass is 614 g/mol. The number of nitrogens with one attached hydrogen (secondary N) is 1. The largest absolute Gasteiger partial charge is 0.481 e. The van der Waals surface area contributed by atoms with Gasteiger partial charge < -0.3 is 37.2 Å². The molecule has 1 radical (unpaired) electrons. The van der Waals surface area contributed by atoms with Crippen molar-refractivity contribution < 1.29 is 49.2 Å². The second-order valence-corrected chi connectivity index (χ2v) is 9.81. The Morgan fingerprint density at radius 1 is 0.595 bits per heavy atom. The van der Waals surface area contributed by atoms with Gasteiger partial charge in [-0.1, -0.05) is 90.9 Å². The number of unbranched alkanes of at least 4 members (excludes halogenated alkanes) is 12. The summed E-state index contributed by atoms with van der Waals surface area (Å²) >= 11 is 0. The van der Waals surface area contributed by atoms with E-state index in [0.29, 0.717) is 6.42 Å². The molecule has 0 aromatic heterocycles. The van der Waals surface area contributed by atoms with Crippen LogP contribution in [-0.2, 0) is 28.8 Å². The van der Waals surface area contributed by atoms with Crippen LogP contribution < -0.4 is 16.8 Å². The number of amides is 2. The van der Waals surface area contributed by atoms with Crippen molar-refractivity contribution in [3.05, 3.63) is 0 Å². The first-order valence-corrected chi connectivity index (χ1v) is 14.5. The number of carboxylic acids is 4.